The molecule has 0 N–H and O–H groups in total. The SMILES string of the molecule is COC(=O)C(C1CC1)n1ccc(C(=O)N(C)C)n1. The van der Waals surface area contributed by atoms with Crippen LogP contribution >= 0.6 is 0 Å². The van der Waals surface area contributed by atoms with Crippen molar-refractivity contribution in [3.05, 3.63) is 18.0 Å². The van der Waals surface area contributed by atoms with E-state index in [1.165, 1.54) is 12.0 Å². The van der Waals surface area contributed by atoms with E-state index in [-0.39, 0.29) is 17.8 Å². The number of nitrogens with zero attached hydrogens (tertiary/aromatic N) is 3. The summed E-state index contributed by atoms with van der Waals surface area (Å²) in [5, 5.41) is 4.19. The maximum Gasteiger partial charge on any atom is 0.330 e. The number of hydrogen-bond acceptors (Lipinski definition) is 4. The van der Waals surface area contributed by atoms with Gasteiger partial charge < -0.3 is 9.64 Å². The van der Waals surface area contributed by atoms with Crippen LogP contribution in [0, 0.1) is 5.92 Å². The summed E-state index contributed by atoms with van der Waals surface area (Å²) in [7, 11) is 4.70. The van der Waals surface area contributed by atoms with Crippen LogP contribution in [-0.4, -0.2) is 47.8 Å². The lowest BCUT2D eigenvalue weighted by molar-refractivity contribution is -0.145. The molecule has 0 radical (unpaired) electrons. The summed E-state index contributed by atoms with van der Waals surface area (Å²) in [4.78, 5) is 24.9. The first-order chi connectivity index (χ1) is 8.54. The van der Waals surface area contributed by atoms with Gasteiger partial charge in [0.15, 0.2) is 6.04 Å². The smallest absolute Gasteiger partial charge is 0.330 e. The van der Waals surface area contributed by atoms with Crippen LogP contribution in [0.3, 0.4) is 0 Å². The fourth-order valence-corrected chi connectivity index (χ4v) is 1.89. The van der Waals surface area contributed by atoms with Crippen molar-refractivity contribution in [2.24, 2.45) is 5.92 Å². The Morgan fingerprint density at radius 1 is 1.50 bits per heavy atom. The Morgan fingerprint density at radius 2 is 2.17 bits per heavy atom. The van der Waals surface area contributed by atoms with Gasteiger partial charge in [-0.15, -0.1) is 0 Å². The molecule has 0 spiro atoms. The van der Waals surface area contributed by atoms with E-state index >= 15 is 0 Å². The Labute approximate surface area is 106 Å². The number of rotatable bonds is 4. The first kappa shape index (κ1) is 12.6. The Kier molecular flexibility index (Phi) is 3.36. The summed E-state index contributed by atoms with van der Waals surface area (Å²) in [6.45, 7) is 0. The molecule has 18 heavy (non-hydrogen) atoms. The number of hydrogen-bond donors (Lipinski definition) is 0. The second-order valence-corrected chi connectivity index (χ2v) is 4.69. The molecule has 0 saturated heterocycles. The van der Waals surface area contributed by atoms with E-state index < -0.39 is 6.04 Å². The summed E-state index contributed by atoms with van der Waals surface area (Å²) in [6, 6.07) is 1.22. The second-order valence-electron chi connectivity index (χ2n) is 4.69. The largest absolute Gasteiger partial charge is 0.467 e. The summed E-state index contributed by atoms with van der Waals surface area (Å²) in [5.41, 5.74) is 0.342. The van der Waals surface area contributed by atoms with Gasteiger partial charge in [0.25, 0.3) is 5.91 Å². The molecule has 1 aromatic rings. The molecular weight excluding hydrogens is 234 g/mol. The van der Waals surface area contributed by atoms with E-state index in [9.17, 15) is 9.59 Å². The van der Waals surface area contributed by atoms with Crippen LogP contribution in [0.25, 0.3) is 0 Å². The number of carbonyl (C=O) groups is 2. The first-order valence-corrected chi connectivity index (χ1v) is 5.89. The molecule has 1 aliphatic carbocycles. The lowest BCUT2D eigenvalue weighted by Crippen LogP contribution is -2.25. The number of carbonyl (C=O) groups excluding carboxylic acids is 2. The zero-order valence-corrected chi connectivity index (χ0v) is 10.8. The van der Waals surface area contributed by atoms with Gasteiger partial charge in [-0.25, -0.2) is 4.79 Å². The Bertz CT molecular complexity index is 463. The van der Waals surface area contributed by atoms with Gasteiger partial charge in [-0.3, -0.25) is 9.48 Å². The third-order valence-electron chi connectivity index (χ3n) is 3.03. The molecule has 1 saturated carbocycles. The summed E-state index contributed by atoms with van der Waals surface area (Å²) in [6.07, 6.45) is 3.66. The van der Waals surface area contributed by atoms with Gasteiger partial charge >= 0.3 is 5.97 Å². The van der Waals surface area contributed by atoms with Crippen molar-refractivity contribution in [1.29, 1.82) is 0 Å². The molecule has 2 rings (SSSR count). The molecule has 1 aromatic heterocycles. The van der Waals surface area contributed by atoms with Gasteiger partial charge in [0.05, 0.1) is 7.11 Å². The van der Waals surface area contributed by atoms with Crippen molar-refractivity contribution >= 4 is 11.9 Å². The van der Waals surface area contributed by atoms with E-state index in [1.54, 1.807) is 31.0 Å². The van der Waals surface area contributed by atoms with E-state index in [0.29, 0.717) is 5.69 Å². The maximum absolute atomic E-state index is 11.7. The molecule has 1 amide bonds. The van der Waals surface area contributed by atoms with Crippen molar-refractivity contribution < 1.29 is 14.3 Å². The minimum Gasteiger partial charge on any atom is -0.467 e. The number of aromatic nitrogens is 2. The molecule has 6 nitrogen and oxygen atoms in total. The number of amides is 1. The second kappa shape index (κ2) is 4.80. The minimum atomic E-state index is -0.404. The lowest BCUT2D eigenvalue weighted by Gasteiger charge is -2.14. The third-order valence-corrected chi connectivity index (χ3v) is 3.03. The highest BCUT2D eigenvalue weighted by molar-refractivity contribution is 5.91. The Hall–Kier alpha value is -1.85. The average Bonchev–Trinajstić information content (AvgIpc) is 3.05. The quantitative estimate of drug-likeness (QED) is 0.739. The Morgan fingerprint density at radius 3 is 2.67 bits per heavy atom. The standard InChI is InChI=1S/C12H17N3O3/c1-14(2)11(16)9-6-7-15(13-9)10(8-4-5-8)12(17)18-3/h6-8,10H,4-5H2,1-3H3. The van der Waals surface area contributed by atoms with Crippen molar-refractivity contribution in [3.8, 4) is 0 Å². The zero-order valence-electron chi connectivity index (χ0n) is 10.8. The lowest BCUT2D eigenvalue weighted by atomic mass is 10.2. The molecule has 1 atom stereocenters. The zero-order chi connectivity index (χ0) is 13.3. The van der Waals surface area contributed by atoms with Crippen LogP contribution in [0.1, 0.15) is 29.4 Å². The topological polar surface area (TPSA) is 64.4 Å². The highest BCUT2D eigenvalue weighted by Gasteiger charge is 2.39. The third kappa shape index (κ3) is 2.37. The van der Waals surface area contributed by atoms with Crippen LogP contribution in [-0.2, 0) is 9.53 Å². The fraction of sp³-hybridized carbons (Fsp3) is 0.583. The molecule has 1 fully saturated rings. The molecule has 0 aliphatic heterocycles. The summed E-state index contributed by atoms with van der Waals surface area (Å²) >= 11 is 0. The molecule has 98 valence electrons. The molecule has 0 aromatic carbocycles. The van der Waals surface area contributed by atoms with Gasteiger partial charge in [0.2, 0.25) is 0 Å². The Balaban J connectivity index is 2.22. The molecule has 6 heteroatoms. The van der Waals surface area contributed by atoms with E-state index in [0.717, 1.165) is 12.8 Å². The molecule has 1 aliphatic rings. The van der Waals surface area contributed by atoms with Crippen LogP contribution in [0.2, 0.25) is 0 Å². The molecular formula is C12H17N3O3. The van der Waals surface area contributed by atoms with Gasteiger partial charge in [-0.1, -0.05) is 0 Å². The molecule has 1 unspecified atom stereocenters. The normalized spacial score (nSPS) is 16.2. The van der Waals surface area contributed by atoms with E-state index in [2.05, 4.69) is 5.10 Å². The molecule has 0 bridgehead atoms. The molecule has 1 heterocycles. The first-order valence-electron chi connectivity index (χ1n) is 5.89. The van der Waals surface area contributed by atoms with Crippen molar-refractivity contribution in [3.63, 3.8) is 0 Å². The van der Waals surface area contributed by atoms with Crippen LogP contribution in [0.15, 0.2) is 12.3 Å². The number of ether oxygens (including phenoxy) is 1. The van der Waals surface area contributed by atoms with Gasteiger partial charge in [-0.05, 0) is 24.8 Å². The highest BCUT2D eigenvalue weighted by atomic mass is 16.5. The van der Waals surface area contributed by atoms with Crippen molar-refractivity contribution in [2.75, 3.05) is 21.2 Å². The van der Waals surface area contributed by atoms with Crippen LogP contribution in [0.4, 0.5) is 0 Å². The number of esters is 1. The highest BCUT2D eigenvalue weighted by Crippen LogP contribution is 2.40. The predicted molar refractivity (Wildman–Crippen MR) is 64.0 cm³/mol. The van der Waals surface area contributed by atoms with Crippen LogP contribution in [0.5, 0.6) is 0 Å². The van der Waals surface area contributed by atoms with Gasteiger partial charge in [-0.2, -0.15) is 5.10 Å². The average molecular weight is 251 g/mol. The van der Waals surface area contributed by atoms with Gasteiger partial charge in [0, 0.05) is 20.3 Å². The summed E-state index contributed by atoms with van der Waals surface area (Å²) in [5.74, 6) is -0.197. The maximum atomic E-state index is 11.7. The van der Waals surface area contributed by atoms with E-state index in [1.807, 2.05) is 0 Å². The summed E-state index contributed by atoms with van der Waals surface area (Å²) < 4.78 is 6.33. The van der Waals surface area contributed by atoms with Gasteiger partial charge in [0.1, 0.15) is 5.69 Å². The predicted octanol–water partition coefficient (Wildman–Crippen LogP) is 0.709. The van der Waals surface area contributed by atoms with Crippen molar-refractivity contribution in [2.45, 2.75) is 18.9 Å². The minimum absolute atomic E-state index is 0.173. The fourth-order valence-electron chi connectivity index (χ4n) is 1.89. The van der Waals surface area contributed by atoms with E-state index in [4.69, 9.17) is 4.74 Å². The van der Waals surface area contributed by atoms with Crippen LogP contribution < -0.4 is 0 Å². The number of methoxy groups -OCH3 is 1. The monoisotopic (exact) mass is 251 g/mol. The van der Waals surface area contributed by atoms with Crippen molar-refractivity contribution in [1.82, 2.24) is 14.7 Å².